The molecule has 4 aromatic heterocycles. The number of aromatic nitrogens is 3. The molecule has 0 fully saturated rings. The Balaban J connectivity index is 1.22. The quantitative estimate of drug-likeness (QED) is 0.188. The van der Waals surface area contributed by atoms with Crippen LogP contribution in [0.1, 0.15) is 0 Å². The molecule has 0 saturated heterocycles. The Labute approximate surface area is 287 Å². The predicted molar refractivity (Wildman–Crippen MR) is 207 cm³/mol. The Kier molecular flexibility index (Phi) is 5.63. The van der Waals surface area contributed by atoms with Gasteiger partial charge in [0.1, 0.15) is 11.2 Å². The average Bonchev–Trinajstić information content (AvgIpc) is 3.90. The van der Waals surface area contributed by atoms with Crippen LogP contribution in [0.5, 0.6) is 0 Å². The number of hydrogen-bond acceptors (Lipinski definition) is 1. The molecule has 0 amide bonds. The molecule has 11 rings (SSSR count). The number of hydrogen-bond donors (Lipinski definition) is 0. The first-order chi connectivity index (χ1) is 24.8. The topological polar surface area (TPSA) is 27.9 Å². The molecule has 7 aromatic carbocycles. The molecule has 11 aromatic rings. The van der Waals surface area contributed by atoms with Gasteiger partial charge in [0.05, 0.1) is 21.9 Å². The Morgan fingerprint density at radius 1 is 0.340 bits per heavy atom. The lowest BCUT2D eigenvalue weighted by Gasteiger charge is -2.13. The fraction of sp³-hybridized carbons (Fsp3) is 0. The highest BCUT2D eigenvalue weighted by Crippen LogP contribution is 2.43. The molecule has 0 atom stereocenters. The van der Waals surface area contributed by atoms with Gasteiger partial charge in [-0.25, -0.2) is 0 Å². The van der Waals surface area contributed by atoms with Crippen molar-refractivity contribution in [2.45, 2.75) is 0 Å². The Bertz CT molecular complexity index is 3070. The monoisotopic (exact) mass is 639 g/mol. The van der Waals surface area contributed by atoms with Gasteiger partial charge in [-0.15, -0.1) is 0 Å². The molecule has 50 heavy (non-hydrogen) atoms. The second-order valence-corrected chi connectivity index (χ2v) is 13.0. The summed E-state index contributed by atoms with van der Waals surface area (Å²) in [6.07, 6.45) is 0. The molecule has 0 aliphatic rings. The standard InChI is InChI=1S/C46H29N3O/c1-4-14-32(15-5-1)47-39-22-12-10-20-35(39)43-36-26-24-30(28-40(36)48(45(43)47)33-16-6-2-7-17-33)31-25-27-37-41(29-31)49(34-18-8-3-9-19-34)46-44(37)38-21-11-13-23-42(38)50-46/h1-29H. The first kappa shape index (κ1) is 27.2. The van der Waals surface area contributed by atoms with E-state index in [-0.39, 0.29) is 0 Å². The molecule has 0 radical (unpaired) electrons. The third kappa shape index (κ3) is 3.76. The van der Waals surface area contributed by atoms with Gasteiger partial charge >= 0.3 is 0 Å². The van der Waals surface area contributed by atoms with Crippen LogP contribution < -0.4 is 0 Å². The van der Waals surface area contributed by atoms with Gasteiger partial charge in [0.25, 0.3) is 0 Å². The minimum atomic E-state index is 0.869. The summed E-state index contributed by atoms with van der Waals surface area (Å²) < 4.78 is 13.7. The lowest BCUT2D eigenvalue weighted by Crippen LogP contribution is -2.01. The maximum Gasteiger partial charge on any atom is 0.213 e. The molecule has 4 nitrogen and oxygen atoms in total. The number of rotatable bonds is 4. The summed E-state index contributed by atoms with van der Waals surface area (Å²) in [5.74, 6) is 0. The molecular formula is C46H29N3O. The fourth-order valence-corrected chi connectivity index (χ4v) is 8.10. The highest BCUT2D eigenvalue weighted by molar-refractivity contribution is 6.23. The van der Waals surface area contributed by atoms with Crippen molar-refractivity contribution in [3.05, 3.63) is 176 Å². The van der Waals surface area contributed by atoms with Crippen molar-refractivity contribution >= 4 is 65.8 Å². The molecule has 0 unspecified atom stereocenters. The summed E-state index contributed by atoms with van der Waals surface area (Å²) in [6.45, 7) is 0. The van der Waals surface area contributed by atoms with Crippen LogP contribution in [-0.4, -0.2) is 13.7 Å². The smallest absolute Gasteiger partial charge is 0.213 e. The molecule has 0 N–H and O–H groups in total. The van der Waals surface area contributed by atoms with Crippen LogP contribution in [0.25, 0.3) is 94.0 Å². The largest absolute Gasteiger partial charge is 0.439 e. The summed E-state index contributed by atoms with van der Waals surface area (Å²) in [5, 5.41) is 7.20. The summed E-state index contributed by atoms with van der Waals surface area (Å²) in [6, 6.07) is 62.9. The van der Waals surface area contributed by atoms with E-state index in [0.29, 0.717) is 0 Å². The van der Waals surface area contributed by atoms with Gasteiger partial charge in [-0.3, -0.25) is 13.7 Å². The van der Waals surface area contributed by atoms with Crippen LogP contribution in [0.4, 0.5) is 0 Å². The summed E-state index contributed by atoms with van der Waals surface area (Å²) >= 11 is 0. The SMILES string of the molecule is c1ccc(-n2c3cc(-c4ccc5c6c7ccccc7n(-c7ccccc7)c6n(-c6ccccc6)c5c4)ccc3c3c4ccccc4oc32)cc1. The zero-order valence-corrected chi connectivity index (χ0v) is 27.0. The highest BCUT2D eigenvalue weighted by Gasteiger charge is 2.23. The minimum absolute atomic E-state index is 0.869. The van der Waals surface area contributed by atoms with E-state index >= 15 is 0 Å². The molecule has 4 heteroatoms. The van der Waals surface area contributed by atoms with Gasteiger partial charge < -0.3 is 4.42 Å². The third-order valence-electron chi connectivity index (χ3n) is 10.2. The van der Waals surface area contributed by atoms with Crippen LogP contribution in [-0.2, 0) is 0 Å². The predicted octanol–water partition coefficient (Wildman–Crippen LogP) is 12.2. The van der Waals surface area contributed by atoms with E-state index < -0.39 is 0 Å². The van der Waals surface area contributed by atoms with E-state index in [2.05, 4.69) is 184 Å². The first-order valence-corrected chi connectivity index (χ1v) is 17.0. The number of nitrogens with zero attached hydrogens (tertiary/aromatic N) is 3. The molecule has 0 aliphatic carbocycles. The van der Waals surface area contributed by atoms with Crippen molar-refractivity contribution in [1.29, 1.82) is 0 Å². The maximum absolute atomic E-state index is 6.56. The van der Waals surface area contributed by atoms with Gasteiger partial charge in [0.2, 0.25) is 5.71 Å². The number of fused-ring (bicyclic) bond motifs is 10. The van der Waals surface area contributed by atoms with Crippen molar-refractivity contribution in [2.75, 3.05) is 0 Å². The summed E-state index contributed by atoms with van der Waals surface area (Å²) in [7, 11) is 0. The fourth-order valence-electron chi connectivity index (χ4n) is 8.10. The van der Waals surface area contributed by atoms with E-state index in [1.54, 1.807) is 0 Å². The molecular weight excluding hydrogens is 611 g/mol. The van der Waals surface area contributed by atoms with Crippen LogP contribution in [0.3, 0.4) is 0 Å². The van der Waals surface area contributed by atoms with E-state index in [9.17, 15) is 0 Å². The van der Waals surface area contributed by atoms with Crippen molar-refractivity contribution in [2.24, 2.45) is 0 Å². The van der Waals surface area contributed by atoms with E-state index in [1.165, 1.54) is 32.6 Å². The number of para-hydroxylation sites is 5. The van der Waals surface area contributed by atoms with Crippen LogP contribution >= 0.6 is 0 Å². The molecule has 0 bridgehead atoms. The number of furan rings is 1. The molecule has 0 saturated carbocycles. The van der Waals surface area contributed by atoms with Crippen molar-refractivity contribution < 1.29 is 4.42 Å². The van der Waals surface area contributed by atoms with E-state index in [4.69, 9.17) is 4.42 Å². The molecule has 234 valence electrons. The zero-order valence-electron chi connectivity index (χ0n) is 27.0. The van der Waals surface area contributed by atoms with E-state index in [1.807, 2.05) is 6.07 Å². The summed E-state index contributed by atoms with van der Waals surface area (Å²) in [5.41, 5.74) is 12.1. The molecule has 4 heterocycles. The Morgan fingerprint density at radius 2 is 0.800 bits per heavy atom. The summed E-state index contributed by atoms with van der Waals surface area (Å²) in [4.78, 5) is 0. The van der Waals surface area contributed by atoms with Crippen molar-refractivity contribution in [3.8, 4) is 28.2 Å². The molecule has 0 spiro atoms. The van der Waals surface area contributed by atoms with Crippen LogP contribution in [0.2, 0.25) is 0 Å². The Hall–Kier alpha value is -6.78. The lowest BCUT2D eigenvalue weighted by molar-refractivity contribution is 0.645. The van der Waals surface area contributed by atoms with Crippen LogP contribution in [0.15, 0.2) is 180 Å². The second kappa shape index (κ2) is 10.4. The maximum atomic E-state index is 6.56. The van der Waals surface area contributed by atoms with Crippen molar-refractivity contribution in [3.63, 3.8) is 0 Å². The highest BCUT2D eigenvalue weighted by atomic mass is 16.3. The zero-order chi connectivity index (χ0) is 32.8. The van der Waals surface area contributed by atoms with Gasteiger partial charge in [-0.1, -0.05) is 115 Å². The normalized spacial score (nSPS) is 12.0. The van der Waals surface area contributed by atoms with Gasteiger partial charge in [0, 0.05) is 44.0 Å². The van der Waals surface area contributed by atoms with E-state index in [0.717, 1.165) is 61.4 Å². The number of benzene rings is 7. The average molecular weight is 640 g/mol. The second-order valence-electron chi connectivity index (χ2n) is 13.0. The van der Waals surface area contributed by atoms with Gasteiger partial charge in [-0.05, 0) is 71.8 Å². The first-order valence-electron chi connectivity index (χ1n) is 17.0. The van der Waals surface area contributed by atoms with Gasteiger partial charge in [-0.2, -0.15) is 0 Å². The minimum Gasteiger partial charge on any atom is -0.439 e. The van der Waals surface area contributed by atoms with Crippen molar-refractivity contribution in [1.82, 2.24) is 13.7 Å². The van der Waals surface area contributed by atoms with Crippen LogP contribution in [0, 0.1) is 0 Å². The third-order valence-corrected chi connectivity index (χ3v) is 10.2. The van der Waals surface area contributed by atoms with Gasteiger partial charge in [0.15, 0.2) is 0 Å². The molecule has 0 aliphatic heterocycles. The Morgan fingerprint density at radius 3 is 1.44 bits per heavy atom. The lowest BCUT2D eigenvalue weighted by atomic mass is 10.0.